The van der Waals surface area contributed by atoms with Crippen LogP contribution < -0.4 is 14.8 Å². The van der Waals surface area contributed by atoms with Crippen LogP contribution >= 0.6 is 0 Å². The molecule has 1 aliphatic carbocycles. The van der Waals surface area contributed by atoms with Gasteiger partial charge in [0.2, 0.25) is 5.82 Å². The number of halogens is 2. The fraction of sp³-hybridized carbons (Fsp3) is 0.533. The summed E-state index contributed by atoms with van der Waals surface area (Å²) in [7, 11) is 0. The second-order valence-electron chi connectivity index (χ2n) is 6.15. The number of rotatable bonds is 3. The van der Waals surface area contributed by atoms with Crippen molar-refractivity contribution < 1.29 is 23.0 Å². The summed E-state index contributed by atoms with van der Waals surface area (Å²) in [6.07, 6.45) is 2.01. The topological polar surface area (TPSA) is 47.6 Å². The maximum absolute atomic E-state index is 13.7. The van der Waals surface area contributed by atoms with Crippen LogP contribution in [0.15, 0.2) is 12.1 Å². The van der Waals surface area contributed by atoms with E-state index in [0.29, 0.717) is 0 Å². The molecule has 0 radical (unpaired) electrons. The molecule has 21 heavy (non-hydrogen) atoms. The molecule has 0 aliphatic heterocycles. The van der Waals surface area contributed by atoms with Crippen molar-refractivity contribution in [2.45, 2.75) is 51.7 Å². The molecule has 1 amide bonds. The molecule has 0 aromatic heterocycles. The number of nitrogens with one attached hydrogen (secondary N) is 1. The third kappa shape index (κ3) is 4.31. The summed E-state index contributed by atoms with van der Waals surface area (Å²) >= 11 is 0. The maximum Gasteiger partial charge on any atom is 0.413 e. The lowest BCUT2D eigenvalue weighted by Gasteiger charge is -2.26. The molecule has 1 saturated carbocycles. The molecule has 1 fully saturated rings. The van der Waals surface area contributed by atoms with Gasteiger partial charge in [0.05, 0.1) is 6.10 Å². The van der Waals surface area contributed by atoms with E-state index in [9.17, 15) is 13.6 Å². The van der Waals surface area contributed by atoms with Gasteiger partial charge in [0.15, 0.2) is 11.6 Å². The van der Waals surface area contributed by atoms with E-state index in [4.69, 9.17) is 9.47 Å². The van der Waals surface area contributed by atoms with Gasteiger partial charge in [-0.3, -0.25) is 0 Å². The van der Waals surface area contributed by atoms with Crippen LogP contribution in [-0.2, 0) is 0 Å². The zero-order chi connectivity index (χ0) is 15.6. The summed E-state index contributed by atoms with van der Waals surface area (Å²) in [6, 6.07) is 2.15. The van der Waals surface area contributed by atoms with Crippen molar-refractivity contribution in [1.82, 2.24) is 5.32 Å². The summed E-state index contributed by atoms with van der Waals surface area (Å²) < 4.78 is 37.5. The molecule has 1 aliphatic rings. The van der Waals surface area contributed by atoms with E-state index < -0.39 is 29.0 Å². The number of benzene rings is 1. The Morgan fingerprint density at radius 1 is 1.29 bits per heavy atom. The van der Waals surface area contributed by atoms with E-state index >= 15 is 0 Å². The Labute approximate surface area is 122 Å². The number of carbonyl (C=O) groups is 1. The van der Waals surface area contributed by atoms with Crippen molar-refractivity contribution in [2.75, 3.05) is 0 Å². The first-order valence-electron chi connectivity index (χ1n) is 6.90. The number of carbonyl (C=O) groups excluding carboxylic acids is 1. The zero-order valence-corrected chi connectivity index (χ0v) is 12.3. The van der Waals surface area contributed by atoms with E-state index in [-0.39, 0.29) is 11.9 Å². The number of hydrogen-bond donors (Lipinski definition) is 1. The van der Waals surface area contributed by atoms with Gasteiger partial charge in [0.1, 0.15) is 5.75 Å². The molecule has 0 bridgehead atoms. The lowest BCUT2D eigenvalue weighted by Crippen LogP contribution is -2.42. The third-order valence-electron chi connectivity index (χ3n) is 3.00. The molecule has 1 N–H and O–H groups in total. The molecule has 0 spiro atoms. The highest BCUT2D eigenvalue weighted by Gasteiger charge is 2.23. The number of hydrogen-bond acceptors (Lipinski definition) is 3. The molecular formula is C15H19F2NO3. The highest BCUT2D eigenvalue weighted by Crippen LogP contribution is 2.31. The molecule has 116 valence electrons. The lowest BCUT2D eigenvalue weighted by molar-refractivity contribution is 0.119. The molecule has 0 unspecified atom stereocenters. The number of amides is 1. The van der Waals surface area contributed by atoms with Crippen LogP contribution in [0.25, 0.3) is 0 Å². The van der Waals surface area contributed by atoms with Crippen LogP contribution in [0, 0.1) is 11.6 Å². The average molecular weight is 299 g/mol. The Balaban J connectivity index is 2.11. The molecule has 0 atom stereocenters. The Morgan fingerprint density at radius 2 is 1.95 bits per heavy atom. The van der Waals surface area contributed by atoms with E-state index in [2.05, 4.69) is 5.32 Å². The average Bonchev–Trinajstić information content (AvgIpc) is 2.27. The van der Waals surface area contributed by atoms with Crippen molar-refractivity contribution >= 4 is 6.09 Å². The fourth-order valence-corrected chi connectivity index (χ4v) is 1.80. The summed E-state index contributed by atoms with van der Waals surface area (Å²) in [5, 5.41) is 2.51. The van der Waals surface area contributed by atoms with Crippen molar-refractivity contribution in [3.05, 3.63) is 23.8 Å². The standard InChI is InChI=1S/C15H19F2NO3/c1-15(2,3)18-14(19)21-12-8-10(7-11(16)13(12)17)20-9-5-4-6-9/h7-9H,4-6H2,1-3H3,(H,18,19). The van der Waals surface area contributed by atoms with Gasteiger partial charge < -0.3 is 14.8 Å². The first kappa shape index (κ1) is 15.5. The minimum Gasteiger partial charge on any atom is -0.490 e. The molecule has 0 saturated heterocycles. The van der Waals surface area contributed by atoms with Crippen molar-refractivity contribution in [1.29, 1.82) is 0 Å². The van der Waals surface area contributed by atoms with Crippen LogP contribution in [0.5, 0.6) is 11.5 Å². The van der Waals surface area contributed by atoms with Crippen LogP contribution in [0.1, 0.15) is 40.0 Å². The lowest BCUT2D eigenvalue weighted by atomic mass is 9.96. The van der Waals surface area contributed by atoms with Gasteiger partial charge >= 0.3 is 6.09 Å². The van der Waals surface area contributed by atoms with Gasteiger partial charge in [0.25, 0.3) is 0 Å². The normalized spacial score (nSPS) is 15.3. The second kappa shape index (κ2) is 5.87. The van der Waals surface area contributed by atoms with Crippen LogP contribution in [0.2, 0.25) is 0 Å². The van der Waals surface area contributed by atoms with E-state index in [1.807, 2.05) is 0 Å². The van der Waals surface area contributed by atoms with E-state index in [1.165, 1.54) is 6.07 Å². The van der Waals surface area contributed by atoms with Gasteiger partial charge in [-0.05, 0) is 40.0 Å². The maximum atomic E-state index is 13.7. The highest BCUT2D eigenvalue weighted by molar-refractivity contribution is 5.71. The third-order valence-corrected chi connectivity index (χ3v) is 3.00. The molecule has 6 heteroatoms. The predicted octanol–water partition coefficient (Wildman–Crippen LogP) is 3.78. The SMILES string of the molecule is CC(C)(C)NC(=O)Oc1cc(OC2CCC2)cc(F)c1F. The fourth-order valence-electron chi connectivity index (χ4n) is 1.80. The monoisotopic (exact) mass is 299 g/mol. The summed E-state index contributed by atoms with van der Waals surface area (Å²) in [5.41, 5.74) is -0.536. The van der Waals surface area contributed by atoms with Crippen LogP contribution in [0.3, 0.4) is 0 Å². The number of ether oxygens (including phenoxy) is 2. The Bertz CT molecular complexity index is 536. The van der Waals surface area contributed by atoms with Gasteiger partial charge in [-0.1, -0.05) is 0 Å². The molecular weight excluding hydrogens is 280 g/mol. The first-order chi connectivity index (χ1) is 9.74. The van der Waals surface area contributed by atoms with Crippen molar-refractivity contribution in [3.8, 4) is 11.5 Å². The molecule has 4 nitrogen and oxygen atoms in total. The first-order valence-corrected chi connectivity index (χ1v) is 6.90. The molecule has 0 heterocycles. The minimum absolute atomic E-state index is 0.0195. The molecule has 2 rings (SSSR count). The Kier molecular flexibility index (Phi) is 4.34. The van der Waals surface area contributed by atoms with Gasteiger partial charge in [0, 0.05) is 17.7 Å². The zero-order valence-electron chi connectivity index (χ0n) is 12.3. The summed E-state index contributed by atoms with van der Waals surface area (Å²) in [6.45, 7) is 5.25. The van der Waals surface area contributed by atoms with E-state index in [1.54, 1.807) is 20.8 Å². The summed E-state index contributed by atoms with van der Waals surface area (Å²) in [5.74, 6) is -2.63. The van der Waals surface area contributed by atoms with Crippen molar-refractivity contribution in [2.24, 2.45) is 0 Å². The van der Waals surface area contributed by atoms with Crippen LogP contribution in [-0.4, -0.2) is 17.7 Å². The quantitative estimate of drug-likeness (QED) is 0.924. The molecule has 1 aromatic rings. The minimum atomic E-state index is -1.21. The Morgan fingerprint density at radius 3 is 2.48 bits per heavy atom. The van der Waals surface area contributed by atoms with Crippen LogP contribution in [0.4, 0.5) is 13.6 Å². The highest BCUT2D eigenvalue weighted by atomic mass is 19.2. The van der Waals surface area contributed by atoms with Gasteiger partial charge in [-0.25, -0.2) is 9.18 Å². The van der Waals surface area contributed by atoms with Gasteiger partial charge in [-0.15, -0.1) is 0 Å². The smallest absolute Gasteiger partial charge is 0.413 e. The Hall–Kier alpha value is -1.85. The van der Waals surface area contributed by atoms with E-state index in [0.717, 1.165) is 25.3 Å². The predicted molar refractivity (Wildman–Crippen MR) is 73.5 cm³/mol. The largest absolute Gasteiger partial charge is 0.490 e. The second-order valence-corrected chi connectivity index (χ2v) is 6.15. The van der Waals surface area contributed by atoms with Crippen molar-refractivity contribution in [3.63, 3.8) is 0 Å². The van der Waals surface area contributed by atoms with Gasteiger partial charge in [-0.2, -0.15) is 4.39 Å². The molecule has 1 aromatic carbocycles. The summed E-state index contributed by atoms with van der Waals surface area (Å²) in [4.78, 5) is 11.6.